The number of carbonyl (C=O) groups is 1. The highest BCUT2D eigenvalue weighted by Gasteiger charge is 2.11. The summed E-state index contributed by atoms with van der Waals surface area (Å²) in [7, 11) is 3.20. The Morgan fingerprint density at radius 1 is 1.56 bits per heavy atom. The van der Waals surface area contributed by atoms with Crippen molar-refractivity contribution in [3.8, 4) is 0 Å². The molecule has 0 spiro atoms. The number of carbonyl (C=O) groups excluding carboxylic acids is 1. The van der Waals surface area contributed by atoms with Gasteiger partial charge in [-0.2, -0.15) is 0 Å². The van der Waals surface area contributed by atoms with E-state index < -0.39 is 5.97 Å². The van der Waals surface area contributed by atoms with Gasteiger partial charge < -0.3 is 9.30 Å². The summed E-state index contributed by atoms with van der Waals surface area (Å²) in [5.41, 5.74) is 1.17. The molecule has 2 heterocycles. The van der Waals surface area contributed by atoms with E-state index >= 15 is 0 Å². The van der Waals surface area contributed by atoms with E-state index in [1.807, 2.05) is 11.6 Å². The van der Waals surface area contributed by atoms with Crippen LogP contribution in [0.4, 0.5) is 0 Å². The fourth-order valence-corrected chi connectivity index (χ4v) is 1.28. The third kappa shape index (κ3) is 1.92. The van der Waals surface area contributed by atoms with Gasteiger partial charge in [0.25, 0.3) is 0 Å². The first-order valence-corrected chi connectivity index (χ1v) is 4.64. The SMILES string of the molecule is COC(=O)c1cn(Cc2cncn2C)nn1. The van der Waals surface area contributed by atoms with E-state index in [1.54, 1.807) is 23.4 Å². The molecule has 0 bridgehead atoms. The van der Waals surface area contributed by atoms with Gasteiger partial charge in [0.1, 0.15) is 0 Å². The van der Waals surface area contributed by atoms with Crippen molar-refractivity contribution in [2.75, 3.05) is 7.11 Å². The minimum atomic E-state index is -0.490. The second-order valence-corrected chi connectivity index (χ2v) is 3.29. The van der Waals surface area contributed by atoms with Crippen molar-refractivity contribution in [3.05, 3.63) is 30.1 Å². The van der Waals surface area contributed by atoms with Crippen molar-refractivity contribution in [1.82, 2.24) is 24.5 Å². The molecule has 16 heavy (non-hydrogen) atoms. The van der Waals surface area contributed by atoms with E-state index in [0.29, 0.717) is 6.54 Å². The minimum absolute atomic E-state index is 0.199. The van der Waals surface area contributed by atoms with Crippen molar-refractivity contribution < 1.29 is 9.53 Å². The Hall–Kier alpha value is -2.18. The molecule has 0 aromatic carbocycles. The first-order valence-electron chi connectivity index (χ1n) is 4.64. The summed E-state index contributed by atoms with van der Waals surface area (Å²) in [6, 6.07) is 0. The van der Waals surface area contributed by atoms with Crippen LogP contribution in [0.15, 0.2) is 18.7 Å². The first kappa shape index (κ1) is 10.3. The molecule has 2 rings (SSSR count). The lowest BCUT2D eigenvalue weighted by Crippen LogP contribution is -2.05. The smallest absolute Gasteiger partial charge is 0.360 e. The maximum absolute atomic E-state index is 11.1. The molecular weight excluding hydrogens is 210 g/mol. The predicted molar refractivity (Wildman–Crippen MR) is 53.7 cm³/mol. The van der Waals surface area contributed by atoms with Gasteiger partial charge in [-0.05, 0) is 0 Å². The molecule has 2 aromatic rings. The molecule has 0 aliphatic carbocycles. The Kier molecular flexibility index (Phi) is 2.67. The van der Waals surface area contributed by atoms with E-state index in [-0.39, 0.29) is 5.69 Å². The molecule has 0 saturated heterocycles. The third-order valence-electron chi connectivity index (χ3n) is 2.17. The Labute approximate surface area is 91.7 Å². The zero-order chi connectivity index (χ0) is 11.5. The van der Waals surface area contributed by atoms with Crippen LogP contribution >= 0.6 is 0 Å². The van der Waals surface area contributed by atoms with Gasteiger partial charge >= 0.3 is 5.97 Å². The summed E-state index contributed by atoms with van der Waals surface area (Å²) in [6.07, 6.45) is 4.98. The van der Waals surface area contributed by atoms with Crippen molar-refractivity contribution >= 4 is 5.97 Å². The second kappa shape index (κ2) is 4.13. The molecule has 0 aliphatic heterocycles. The Balaban J connectivity index is 2.14. The van der Waals surface area contributed by atoms with Crippen LogP contribution in [0.2, 0.25) is 0 Å². The van der Waals surface area contributed by atoms with Gasteiger partial charge in [-0.3, -0.25) is 0 Å². The number of esters is 1. The first-order chi connectivity index (χ1) is 7.70. The highest BCUT2D eigenvalue weighted by atomic mass is 16.5. The monoisotopic (exact) mass is 221 g/mol. The van der Waals surface area contributed by atoms with Crippen molar-refractivity contribution in [2.24, 2.45) is 7.05 Å². The summed E-state index contributed by atoms with van der Waals surface area (Å²) in [6.45, 7) is 0.514. The largest absolute Gasteiger partial charge is 0.464 e. The van der Waals surface area contributed by atoms with Crippen LogP contribution in [0.25, 0.3) is 0 Å². The van der Waals surface area contributed by atoms with Gasteiger partial charge in [-0.1, -0.05) is 5.21 Å². The van der Waals surface area contributed by atoms with E-state index in [9.17, 15) is 4.79 Å². The summed E-state index contributed by atoms with van der Waals surface area (Å²) in [5, 5.41) is 7.53. The number of ether oxygens (including phenoxy) is 1. The number of aromatic nitrogens is 5. The van der Waals surface area contributed by atoms with Crippen LogP contribution in [0.5, 0.6) is 0 Å². The minimum Gasteiger partial charge on any atom is -0.464 e. The quantitative estimate of drug-likeness (QED) is 0.673. The second-order valence-electron chi connectivity index (χ2n) is 3.29. The molecule has 2 aromatic heterocycles. The average Bonchev–Trinajstić information content (AvgIpc) is 2.89. The molecule has 0 atom stereocenters. The lowest BCUT2D eigenvalue weighted by molar-refractivity contribution is 0.0594. The van der Waals surface area contributed by atoms with Gasteiger partial charge in [0.05, 0.1) is 38.1 Å². The highest BCUT2D eigenvalue weighted by Crippen LogP contribution is 2.01. The maximum Gasteiger partial charge on any atom is 0.360 e. The van der Waals surface area contributed by atoms with Gasteiger partial charge in [-0.25, -0.2) is 14.5 Å². The zero-order valence-electron chi connectivity index (χ0n) is 8.99. The number of aryl methyl sites for hydroxylation is 1. The number of nitrogens with zero attached hydrogens (tertiary/aromatic N) is 5. The van der Waals surface area contributed by atoms with Gasteiger partial charge in [-0.15, -0.1) is 5.10 Å². The van der Waals surface area contributed by atoms with Crippen molar-refractivity contribution in [1.29, 1.82) is 0 Å². The van der Waals surface area contributed by atoms with E-state index in [2.05, 4.69) is 20.0 Å². The summed E-state index contributed by atoms with van der Waals surface area (Å²) in [5.74, 6) is -0.490. The third-order valence-corrected chi connectivity index (χ3v) is 2.17. The molecular formula is C9H11N5O2. The number of rotatable bonds is 3. The molecule has 0 fully saturated rings. The number of hydrogen-bond donors (Lipinski definition) is 0. The van der Waals surface area contributed by atoms with Crippen LogP contribution in [-0.2, 0) is 18.3 Å². The maximum atomic E-state index is 11.1. The number of methoxy groups -OCH3 is 1. The zero-order valence-corrected chi connectivity index (χ0v) is 8.99. The van der Waals surface area contributed by atoms with E-state index in [1.165, 1.54) is 7.11 Å². The standard InChI is InChI=1S/C9H11N5O2/c1-13-6-10-3-7(13)4-14-5-8(11-12-14)9(15)16-2/h3,5-6H,4H2,1-2H3. The Bertz CT molecular complexity index is 501. The molecule has 0 amide bonds. The van der Waals surface area contributed by atoms with Gasteiger partial charge in [0.2, 0.25) is 0 Å². The Morgan fingerprint density at radius 2 is 2.38 bits per heavy atom. The molecule has 7 nitrogen and oxygen atoms in total. The fourth-order valence-electron chi connectivity index (χ4n) is 1.28. The lowest BCUT2D eigenvalue weighted by Gasteiger charge is -2.00. The summed E-state index contributed by atoms with van der Waals surface area (Å²) in [4.78, 5) is 15.1. The van der Waals surface area contributed by atoms with Crippen LogP contribution in [0.1, 0.15) is 16.2 Å². The van der Waals surface area contributed by atoms with Crippen LogP contribution < -0.4 is 0 Å². The molecule has 0 radical (unpaired) electrons. The number of imidazole rings is 1. The van der Waals surface area contributed by atoms with E-state index in [0.717, 1.165) is 5.69 Å². The molecule has 0 saturated carbocycles. The summed E-state index contributed by atoms with van der Waals surface area (Å²) >= 11 is 0. The lowest BCUT2D eigenvalue weighted by atomic mass is 10.4. The van der Waals surface area contributed by atoms with Crippen molar-refractivity contribution in [3.63, 3.8) is 0 Å². The van der Waals surface area contributed by atoms with E-state index in [4.69, 9.17) is 0 Å². The molecule has 0 N–H and O–H groups in total. The average molecular weight is 221 g/mol. The predicted octanol–water partition coefficient (Wildman–Crippen LogP) is -0.154. The van der Waals surface area contributed by atoms with Crippen molar-refractivity contribution in [2.45, 2.75) is 6.54 Å². The normalized spacial score (nSPS) is 10.4. The molecule has 84 valence electrons. The number of hydrogen-bond acceptors (Lipinski definition) is 5. The molecule has 0 unspecified atom stereocenters. The van der Waals surface area contributed by atoms with Crippen LogP contribution in [0.3, 0.4) is 0 Å². The summed E-state index contributed by atoms with van der Waals surface area (Å²) < 4.78 is 7.97. The highest BCUT2D eigenvalue weighted by molar-refractivity contribution is 5.86. The van der Waals surface area contributed by atoms with Gasteiger partial charge in [0.15, 0.2) is 5.69 Å². The topological polar surface area (TPSA) is 74.8 Å². The Morgan fingerprint density at radius 3 is 3.00 bits per heavy atom. The molecule has 7 heteroatoms. The molecule has 0 aliphatic rings. The van der Waals surface area contributed by atoms with Gasteiger partial charge in [0, 0.05) is 7.05 Å². The fraction of sp³-hybridized carbons (Fsp3) is 0.333. The van der Waals surface area contributed by atoms with Crippen LogP contribution in [-0.4, -0.2) is 37.6 Å². The van der Waals surface area contributed by atoms with Crippen LogP contribution in [0, 0.1) is 0 Å².